The zero-order valence-corrected chi connectivity index (χ0v) is 11.4. The van der Waals surface area contributed by atoms with Gasteiger partial charge in [0.05, 0.1) is 11.7 Å². The minimum absolute atomic E-state index is 0.0559. The Morgan fingerprint density at radius 1 is 1.45 bits per heavy atom. The highest BCUT2D eigenvalue weighted by molar-refractivity contribution is 5.95. The van der Waals surface area contributed by atoms with Gasteiger partial charge in [0.2, 0.25) is 5.91 Å². The van der Waals surface area contributed by atoms with Crippen LogP contribution in [0.2, 0.25) is 0 Å². The lowest BCUT2D eigenvalue weighted by Gasteiger charge is -2.27. The Labute approximate surface area is 117 Å². The first-order chi connectivity index (χ1) is 9.63. The minimum atomic E-state index is -0.152. The fourth-order valence-corrected chi connectivity index (χ4v) is 2.46. The summed E-state index contributed by atoms with van der Waals surface area (Å²) in [6.07, 6.45) is 3.13. The Balaban J connectivity index is 1.71. The van der Waals surface area contributed by atoms with Crippen molar-refractivity contribution in [1.82, 2.24) is 5.32 Å². The topological polar surface area (TPSA) is 67.4 Å². The van der Waals surface area contributed by atoms with Crippen molar-refractivity contribution in [2.75, 3.05) is 11.9 Å². The molecule has 0 unspecified atom stereocenters. The number of hydrogen-bond donors (Lipinski definition) is 2. The first kappa shape index (κ1) is 13.0. The number of carbonyl (C=O) groups is 2. The molecule has 5 nitrogen and oxygen atoms in total. The maximum absolute atomic E-state index is 11.9. The molecule has 0 radical (unpaired) electrons. The summed E-state index contributed by atoms with van der Waals surface area (Å²) in [7, 11) is 0. The van der Waals surface area contributed by atoms with Gasteiger partial charge in [0.25, 0.3) is 5.91 Å². The van der Waals surface area contributed by atoms with E-state index < -0.39 is 0 Å². The van der Waals surface area contributed by atoms with Crippen LogP contribution in [-0.4, -0.2) is 18.4 Å². The number of benzene rings is 1. The zero-order chi connectivity index (χ0) is 14.1. The Kier molecular flexibility index (Phi) is 3.34. The van der Waals surface area contributed by atoms with Gasteiger partial charge in [-0.1, -0.05) is 12.5 Å². The number of carbonyl (C=O) groups excluding carboxylic acids is 2. The quantitative estimate of drug-likeness (QED) is 0.885. The molecule has 3 rings (SSSR count). The smallest absolute Gasteiger partial charge is 0.262 e. The van der Waals surface area contributed by atoms with E-state index in [1.54, 1.807) is 0 Å². The molecule has 20 heavy (non-hydrogen) atoms. The summed E-state index contributed by atoms with van der Waals surface area (Å²) in [5.74, 6) is 0.826. The summed E-state index contributed by atoms with van der Waals surface area (Å²) in [6.45, 7) is 2.00. The average molecular weight is 274 g/mol. The molecule has 1 aliphatic heterocycles. The van der Waals surface area contributed by atoms with Gasteiger partial charge in [-0.3, -0.25) is 9.59 Å². The van der Waals surface area contributed by atoms with Crippen LogP contribution in [0.1, 0.15) is 37.8 Å². The Morgan fingerprint density at radius 2 is 2.25 bits per heavy atom. The molecule has 5 heteroatoms. The van der Waals surface area contributed by atoms with Gasteiger partial charge in [0.15, 0.2) is 6.61 Å². The second-order valence-corrected chi connectivity index (χ2v) is 5.45. The third-order valence-corrected chi connectivity index (χ3v) is 3.97. The Hall–Kier alpha value is -2.04. The fraction of sp³-hybridized carbons (Fsp3) is 0.467. The van der Waals surface area contributed by atoms with E-state index >= 15 is 0 Å². The maximum Gasteiger partial charge on any atom is 0.262 e. The third kappa shape index (κ3) is 2.48. The molecule has 0 saturated heterocycles. The van der Waals surface area contributed by atoms with Crippen LogP contribution in [0, 0.1) is 5.92 Å². The van der Waals surface area contributed by atoms with Gasteiger partial charge < -0.3 is 15.4 Å². The van der Waals surface area contributed by atoms with Gasteiger partial charge in [-0.05, 0) is 37.5 Å². The summed E-state index contributed by atoms with van der Waals surface area (Å²) in [5.41, 5.74) is 1.63. The van der Waals surface area contributed by atoms with Gasteiger partial charge in [-0.15, -0.1) is 0 Å². The first-order valence-electron chi connectivity index (χ1n) is 7.00. The van der Waals surface area contributed by atoms with Crippen LogP contribution in [0.25, 0.3) is 0 Å². The predicted octanol–water partition coefficient (Wildman–Crippen LogP) is 1.99. The molecule has 2 N–H and O–H groups in total. The third-order valence-electron chi connectivity index (χ3n) is 3.97. The molecule has 106 valence electrons. The van der Waals surface area contributed by atoms with E-state index in [9.17, 15) is 9.59 Å². The van der Waals surface area contributed by atoms with Crippen molar-refractivity contribution < 1.29 is 14.3 Å². The summed E-state index contributed by atoms with van der Waals surface area (Å²) < 4.78 is 5.32. The standard InChI is InChI=1S/C15H18N2O3/c1-9(16-15(19)10-3-2-4-10)11-5-6-13-12(7-11)17-14(18)8-20-13/h5-7,9-10H,2-4,8H2,1H3,(H,16,19)(H,17,18)/t9-/m0/s1. The molecule has 1 aromatic rings. The SMILES string of the molecule is C[C@H](NC(=O)C1CCC1)c1ccc2c(c1)NC(=O)CO2. The minimum Gasteiger partial charge on any atom is -0.482 e. The summed E-state index contributed by atoms with van der Waals surface area (Å²) in [6, 6.07) is 5.53. The number of hydrogen-bond acceptors (Lipinski definition) is 3. The summed E-state index contributed by atoms with van der Waals surface area (Å²) in [5, 5.41) is 5.80. The van der Waals surface area contributed by atoms with Crippen LogP contribution in [0.5, 0.6) is 5.75 Å². The normalized spacial score (nSPS) is 19.1. The Morgan fingerprint density at radius 3 is 2.95 bits per heavy atom. The Bertz CT molecular complexity index is 552. The lowest BCUT2D eigenvalue weighted by molar-refractivity contribution is -0.128. The van der Waals surface area contributed by atoms with Crippen molar-refractivity contribution in [1.29, 1.82) is 0 Å². The van der Waals surface area contributed by atoms with Gasteiger partial charge in [0.1, 0.15) is 5.75 Å². The van der Waals surface area contributed by atoms with Crippen LogP contribution in [0.4, 0.5) is 5.69 Å². The molecular weight excluding hydrogens is 256 g/mol. The summed E-state index contributed by atoms with van der Waals surface area (Å²) >= 11 is 0. The van der Waals surface area contributed by atoms with Crippen LogP contribution in [-0.2, 0) is 9.59 Å². The first-order valence-corrected chi connectivity index (χ1v) is 7.00. The molecule has 1 aliphatic carbocycles. The molecule has 0 bridgehead atoms. The van der Waals surface area contributed by atoms with Crippen molar-refractivity contribution in [2.45, 2.75) is 32.2 Å². The lowest BCUT2D eigenvalue weighted by Crippen LogP contribution is -2.36. The molecule has 0 aromatic heterocycles. The molecule has 2 aliphatic rings. The molecule has 2 amide bonds. The van der Waals surface area contributed by atoms with Crippen LogP contribution < -0.4 is 15.4 Å². The maximum atomic E-state index is 11.9. The molecule has 1 heterocycles. The van der Waals surface area contributed by atoms with E-state index in [0.29, 0.717) is 11.4 Å². The highest BCUT2D eigenvalue weighted by atomic mass is 16.5. The van der Waals surface area contributed by atoms with Crippen molar-refractivity contribution in [3.8, 4) is 5.75 Å². The highest BCUT2D eigenvalue weighted by Crippen LogP contribution is 2.31. The van der Waals surface area contributed by atoms with Gasteiger partial charge >= 0.3 is 0 Å². The molecule has 1 atom stereocenters. The number of ether oxygens (including phenoxy) is 1. The number of amides is 2. The van der Waals surface area contributed by atoms with E-state index in [1.807, 2.05) is 25.1 Å². The van der Waals surface area contributed by atoms with Gasteiger partial charge in [-0.2, -0.15) is 0 Å². The number of anilines is 1. The van der Waals surface area contributed by atoms with Gasteiger partial charge in [-0.25, -0.2) is 0 Å². The number of nitrogens with one attached hydrogen (secondary N) is 2. The van der Waals surface area contributed by atoms with Crippen LogP contribution in [0.3, 0.4) is 0 Å². The lowest BCUT2D eigenvalue weighted by atomic mass is 9.84. The average Bonchev–Trinajstić information content (AvgIpc) is 2.35. The van der Waals surface area contributed by atoms with Crippen molar-refractivity contribution in [3.63, 3.8) is 0 Å². The second-order valence-electron chi connectivity index (χ2n) is 5.45. The van der Waals surface area contributed by atoms with Crippen molar-refractivity contribution in [3.05, 3.63) is 23.8 Å². The largest absolute Gasteiger partial charge is 0.482 e. The highest BCUT2D eigenvalue weighted by Gasteiger charge is 2.26. The van der Waals surface area contributed by atoms with E-state index in [0.717, 1.165) is 24.8 Å². The van der Waals surface area contributed by atoms with Crippen molar-refractivity contribution >= 4 is 17.5 Å². The van der Waals surface area contributed by atoms with Gasteiger partial charge in [0, 0.05) is 5.92 Å². The number of fused-ring (bicyclic) bond motifs is 1. The monoisotopic (exact) mass is 274 g/mol. The van der Waals surface area contributed by atoms with Crippen LogP contribution >= 0.6 is 0 Å². The molecule has 1 saturated carbocycles. The predicted molar refractivity (Wildman–Crippen MR) is 74.5 cm³/mol. The molecule has 1 fully saturated rings. The summed E-state index contributed by atoms with van der Waals surface area (Å²) in [4.78, 5) is 23.3. The van der Waals surface area contributed by atoms with Crippen molar-refractivity contribution in [2.24, 2.45) is 5.92 Å². The molecule has 0 spiro atoms. The van der Waals surface area contributed by atoms with Crippen LogP contribution in [0.15, 0.2) is 18.2 Å². The zero-order valence-electron chi connectivity index (χ0n) is 11.4. The van der Waals surface area contributed by atoms with E-state index in [-0.39, 0.29) is 30.4 Å². The fourth-order valence-electron chi connectivity index (χ4n) is 2.46. The second kappa shape index (κ2) is 5.15. The van der Waals surface area contributed by atoms with E-state index in [4.69, 9.17) is 4.74 Å². The molecule has 1 aromatic carbocycles. The number of rotatable bonds is 3. The van der Waals surface area contributed by atoms with E-state index in [2.05, 4.69) is 10.6 Å². The van der Waals surface area contributed by atoms with E-state index in [1.165, 1.54) is 0 Å². The molecular formula is C15H18N2O3.